The van der Waals surface area contributed by atoms with Gasteiger partial charge < -0.3 is 5.32 Å². The number of carbonyl (C=O) groups excluding carboxylic acids is 1. The van der Waals surface area contributed by atoms with E-state index in [4.69, 9.17) is 0 Å². The number of benzene rings is 2. The Hall–Kier alpha value is -2.16. The molecule has 21 heavy (non-hydrogen) atoms. The minimum Gasteiger partial charge on any atom is -0.349 e. The maximum absolute atomic E-state index is 12.9. The Morgan fingerprint density at radius 1 is 1.05 bits per heavy atom. The van der Waals surface area contributed by atoms with Gasteiger partial charge in [-0.15, -0.1) is 0 Å². The summed E-state index contributed by atoms with van der Waals surface area (Å²) in [6.45, 7) is 0. The predicted octanol–water partition coefficient (Wildman–Crippen LogP) is 3.50. The summed E-state index contributed by atoms with van der Waals surface area (Å²) in [4.78, 5) is 12.2. The maximum atomic E-state index is 12.9. The van der Waals surface area contributed by atoms with Crippen LogP contribution in [0.5, 0.6) is 0 Å². The number of carbonyl (C=O) groups is 1. The van der Waals surface area contributed by atoms with Gasteiger partial charge in [0, 0.05) is 11.6 Å². The van der Waals surface area contributed by atoms with Gasteiger partial charge >= 0.3 is 0 Å². The van der Waals surface area contributed by atoms with Crippen molar-refractivity contribution in [3.05, 3.63) is 71.0 Å². The molecule has 2 nitrogen and oxygen atoms in total. The smallest absolute Gasteiger partial charge is 0.251 e. The van der Waals surface area contributed by atoms with Crippen molar-refractivity contribution in [1.82, 2.24) is 5.32 Å². The van der Waals surface area contributed by atoms with Gasteiger partial charge in [-0.2, -0.15) is 0 Å². The summed E-state index contributed by atoms with van der Waals surface area (Å²) in [5.41, 5.74) is 3.21. The normalized spacial score (nSPS) is 17.7. The molecule has 0 aliphatic heterocycles. The van der Waals surface area contributed by atoms with Crippen molar-refractivity contribution in [2.45, 2.75) is 31.7 Å². The monoisotopic (exact) mass is 283 g/mol. The fourth-order valence-electron chi connectivity index (χ4n) is 2.90. The molecule has 0 saturated heterocycles. The summed E-state index contributed by atoms with van der Waals surface area (Å²) >= 11 is 0. The summed E-state index contributed by atoms with van der Waals surface area (Å²) in [5, 5.41) is 3.07. The van der Waals surface area contributed by atoms with Crippen LogP contribution in [0.4, 0.5) is 4.39 Å². The number of nitrogens with one attached hydrogen (secondary N) is 1. The minimum atomic E-state index is -0.324. The third kappa shape index (κ3) is 3.30. The summed E-state index contributed by atoms with van der Waals surface area (Å²) < 4.78 is 12.9. The molecule has 2 aromatic carbocycles. The van der Waals surface area contributed by atoms with Gasteiger partial charge in [0.25, 0.3) is 5.91 Å². The van der Waals surface area contributed by atoms with Crippen LogP contribution < -0.4 is 5.32 Å². The van der Waals surface area contributed by atoms with E-state index in [1.807, 2.05) is 6.07 Å². The average molecular weight is 283 g/mol. The highest BCUT2D eigenvalue weighted by Crippen LogP contribution is 2.20. The Labute approximate surface area is 124 Å². The molecular weight excluding hydrogens is 265 g/mol. The van der Waals surface area contributed by atoms with Gasteiger partial charge in [0.2, 0.25) is 0 Å². The van der Waals surface area contributed by atoms with Gasteiger partial charge in [-0.25, -0.2) is 4.39 Å². The van der Waals surface area contributed by atoms with Crippen LogP contribution in [-0.2, 0) is 12.8 Å². The highest BCUT2D eigenvalue weighted by molar-refractivity contribution is 5.94. The molecule has 0 saturated carbocycles. The first-order valence-electron chi connectivity index (χ1n) is 7.35. The van der Waals surface area contributed by atoms with Gasteiger partial charge in [0.05, 0.1) is 0 Å². The second-order valence-electron chi connectivity index (χ2n) is 5.54. The van der Waals surface area contributed by atoms with Crippen molar-refractivity contribution < 1.29 is 9.18 Å². The highest BCUT2D eigenvalue weighted by atomic mass is 19.1. The van der Waals surface area contributed by atoms with Crippen LogP contribution >= 0.6 is 0 Å². The molecule has 108 valence electrons. The molecule has 0 spiro atoms. The molecule has 3 rings (SSSR count). The topological polar surface area (TPSA) is 29.1 Å². The van der Waals surface area contributed by atoms with Gasteiger partial charge in [0.1, 0.15) is 5.82 Å². The van der Waals surface area contributed by atoms with Gasteiger partial charge in [-0.1, -0.05) is 24.3 Å². The number of rotatable bonds is 2. The van der Waals surface area contributed by atoms with E-state index in [1.54, 1.807) is 0 Å². The van der Waals surface area contributed by atoms with E-state index < -0.39 is 0 Å². The number of aryl methyl sites for hydroxylation is 1. The highest BCUT2D eigenvalue weighted by Gasteiger charge is 2.18. The van der Waals surface area contributed by atoms with E-state index in [2.05, 4.69) is 23.5 Å². The van der Waals surface area contributed by atoms with Crippen molar-refractivity contribution in [1.29, 1.82) is 0 Å². The van der Waals surface area contributed by atoms with Crippen molar-refractivity contribution in [3.63, 3.8) is 0 Å². The molecule has 0 bridgehead atoms. The lowest BCUT2D eigenvalue weighted by atomic mass is 10.0. The Kier molecular flexibility index (Phi) is 4.00. The molecule has 2 aromatic rings. The number of halogens is 1. The Morgan fingerprint density at radius 3 is 2.52 bits per heavy atom. The summed E-state index contributed by atoms with van der Waals surface area (Å²) in [7, 11) is 0. The standard InChI is InChI=1S/C18H18FNO/c19-16-10-8-14(9-11-16)18(21)20-17-7-3-6-13-4-1-2-5-15(13)12-17/h1-2,4-5,8-11,17H,3,6-7,12H2,(H,20,21). The predicted molar refractivity (Wildman–Crippen MR) is 80.7 cm³/mol. The molecule has 0 heterocycles. The van der Waals surface area contributed by atoms with Crippen LogP contribution in [0.1, 0.15) is 34.3 Å². The first-order chi connectivity index (χ1) is 10.2. The quantitative estimate of drug-likeness (QED) is 0.840. The molecule has 1 unspecified atom stereocenters. The average Bonchev–Trinajstić information content (AvgIpc) is 2.69. The largest absolute Gasteiger partial charge is 0.349 e. The van der Waals surface area contributed by atoms with E-state index >= 15 is 0 Å². The Morgan fingerprint density at radius 2 is 1.76 bits per heavy atom. The van der Waals surface area contributed by atoms with Crippen LogP contribution in [0.3, 0.4) is 0 Å². The molecule has 0 fully saturated rings. The second-order valence-corrected chi connectivity index (χ2v) is 5.54. The van der Waals surface area contributed by atoms with E-state index in [9.17, 15) is 9.18 Å². The first-order valence-corrected chi connectivity index (χ1v) is 7.35. The zero-order valence-corrected chi connectivity index (χ0v) is 11.8. The van der Waals surface area contributed by atoms with Crippen LogP contribution in [-0.4, -0.2) is 11.9 Å². The molecule has 1 atom stereocenters. The van der Waals surface area contributed by atoms with Crippen LogP contribution in [0.2, 0.25) is 0 Å². The third-order valence-electron chi connectivity index (χ3n) is 4.03. The SMILES string of the molecule is O=C(NC1CCCc2ccccc2C1)c1ccc(F)cc1. The molecule has 1 aliphatic carbocycles. The molecule has 3 heteroatoms. The molecule has 1 aliphatic rings. The van der Waals surface area contributed by atoms with Gasteiger partial charge in [-0.05, 0) is 61.1 Å². The van der Waals surface area contributed by atoms with E-state index in [0.717, 1.165) is 25.7 Å². The Balaban J connectivity index is 1.70. The van der Waals surface area contributed by atoms with E-state index in [-0.39, 0.29) is 17.8 Å². The zero-order valence-electron chi connectivity index (χ0n) is 11.8. The van der Waals surface area contributed by atoms with Gasteiger partial charge in [-0.3, -0.25) is 4.79 Å². The lowest BCUT2D eigenvalue weighted by Gasteiger charge is -2.17. The van der Waals surface area contributed by atoms with Crippen molar-refractivity contribution in [3.8, 4) is 0 Å². The Bertz CT molecular complexity index is 636. The summed E-state index contributed by atoms with van der Waals surface area (Å²) in [6, 6.07) is 14.2. The van der Waals surface area contributed by atoms with Gasteiger partial charge in [0.15, 0.2) is 0 Å². The van der Waals surface area contributed by atoms with Crippen LogP contribution in [0.15, 0.2) is 48.5 Å². The molecular formula is C18H18FNO. The van der Waals surface area contributed by atoms with Crippen LogP contribution in [0, 0.1) is 5.82 Å². The molecule has 1 N–H and O–H groups in total. The summed E-state index contributed by atoms with van der Waals surface area (Å²) in [5.74, 6) is -0.450. The van der Waals surface area contributed by atoms with Crippen molar-refractivity contribution in [2.24, 2.45) is 0 Å². The number of hydrogen-bond donors (Lipinski definition) is 1. The second kappa shape index (κ2) is 6.08. The molecule has 0 aromatic heterocycles. The first kappa shape index (κ1) is 13.8. The molecule has 1 amide bonds. The lowest BCUT2D eigenvalue weighted by Crippen LogP contribution is -2.36. The summed E-state index contributed by atoms with van der Waals surface area (Å²) in [6.07, 6.45) is 3.98. The fourth-order valence-corrected chi connectivity index (χ4v) is 2.90. The van der Waals surface area contributed by atoms with Crippen LogP contribution in [0.25, 0.3) is 0 Å². The number of amides is 1. The van der Waals surface area contributed by atoms with E-state index in [0.29, 0.717) is 5.56 Å². The minimum absolute atomic E-state index is 0.126. The zero-order chi connectivity index (χ0) is 14.7. The number of fused-ring (bicyclic) bond motifs is 1. The lowest BCUT2D eigenvalue weighted by molar-refractivity contribution is 0.0935. The third-order valence-corrected chi connectivity index (χ3v) is 4.03. The molecule has 0 radical (unpaired) electrons. The van der Waals surface area contributed by atoms with E-state index in [1.165, 1.54) is 35.4 Å². The van der Waals surface area contributed by atoms with Crippen molar-refractivity contribution >= 4 is 5.91 Å². The van der Waals surface area contributed by atoms with Crippen molar-refractivity contribution in [2.75, 3.05) is 0 Å². The number of hydrogen-bond acceptors (Lipinski definition) is 1. The fraction of sp³-hybridized carbons (Fsp3) is 0.278. The maximum Gasteiger partial charge on any atom is 0.251 e.